The second kappa shape index (κ2) is 13.4. The van der Waals surface area contributed by atoms with Crippen molar-refractivity contribution < 1.29 is 18.3 Å². The second-order valence-electron chi connectivity index (χ2n) is 10.8. The summed E-state index contributed by atoms with van der Waals surface area (Å²) in [7, 11) is -3.80. The minimum absolute atomic E-state index is 0.0239. The number of para-hydroxylation sites is 1. The van der Waals surface area contributed by atoms with Crippen molar-refractivity contribution in [2.45, 2.75) is 44.0 Å². The molecule has 1 saturated carbocycles. The zero-order valence-electron chi connectivity index (χ0n) is 23.1. The number of benzene rings is 3. The van der Waals surface area contributed by atoms with Crippen molar-refractivity contribution in [3.63, 3.8) is 0 Å². The molecule has 1 fully saturated rings. The first-order valence-electron chi connectivity index (χ1n) is 14.2. The van der Waals surface area contributed by atoms with Gasteiger partial charge in [-0.15, -0.1) is 0 Å². The number of H-pyrrole nitrogens is 1. The van der Waals surface area contributed by atoms with E-state index in [-0.39, 0.29) is 30.7 Å². The van der Waals surface area contributed by atoms with E-state index in [1.165, 1.54) is 4.31 Å². The highest BCUT2D eigenvalue weighted by molar-refractivity contribution is 7.88. The number of aliphatic hydroxyl groups is 1. The van der Waals surface area contributed by atoms with Gasteiger partial charge >= 0.3 is 0 Å². The van der Waals surface area contributed by atoms with Gasteiger partial charge in [0, 0.05) is 31.7 Å². The number of aromatic amines is 1. The van der Waals surface area contributed by atoms with Gasteiger partial charge in [0.05, 0.1) is 11.9 Å². The number of fused-ring (bicyclic) bond motifs is 1. The summed E-state index contributed by atoms with van der Waals surface area (Å²) >= 11 is 0. The van der Waals surface area contributed by atoms with Gasteiger partial charge in [0.25, 0.3) is 5.91 Å². The third kappa shape index (κ3) is 7.58. The van der Waals surface area contributed by atoms with E-state index in [9.17, 15) is 18.3 Å². The molecule has 1 aliphatic rings. The van der Waals surface area contributed by atoms with Gasteiger partial charge in [0.15, 0.2) is 0 Å². The fourth-order valence-corrected chi connectivity index (χ4v) is 7.25. The molecular weight excluding hydrogens is 538 g/mol. The van der Waals surface area contributed by atoms with Gasteiger partial charge in [-0.2, -0.15) is 19.7 Å². The summed E-state index contributed by atoms with van der Waals surface area (Å²) < 4.78 is 29.1. The topological polar surface area (TPSA) is 119 Å². The van der Waals surface area contributed by atoms with E-state index in [1.54, 1.807) is 35.2 Å². The zero-order valence-corrected chi connectivity index (χ0v) is 23.9. The first kappa shape index (κ1) is 28.9. The van der Waals surface area contributed by atoms with Crippen LogP contribution in [-0.2, 0) is 22.2 Å². The Bertz CT molecular complexity index is 1520. The number of amides is 1. The molecular formula is C31H37N5O4S. The van der Waals surface area contributed by atoms with Crippen LogP contribution in [0.5, 0.6) is 0 Å². The number of hydrogen-bond donors (Lipinski definition) is 2. The Balaban J connectivity index is 1.34. The number of carbonyl (C=O) groups is 1. The largest absolute Gasteiger partial charge is 0.390 e. The number of nitrogens with zero attached hydrogens (tertiary/aromatic N) is 4. The van der Waals surface area contributed by atoms with Gasteiger partial charge < -0.3 is 10.0 Å². The molecule has 9 nitrogen and oxygen atoms in total. The lowest BCUT2D eigenvalue weighted by Crippen LogP contribution is -2.46. The number of aliphatic hydroxyl groups excluding tert-OH is 1. The van der Waals surface area contributed by atoms with Crippen molar-refractivity contribution in [3.8, 4) is 0 Å². The molecule has 4 aromatic rings. The Morgan fingerprint density at radius 1 is 0.927 bits per heavy atom. The van der Waals surface area contributed by atoms with E-state index in [4.69, 9.17) is 0 Å². The van der Waals surface area contributed by atoms with Crippen molar-refractivity contribution in [1.29, 1.82) is 0 Å². The summed E-state index contributed by atoms with van der Waals surface area (Å²) in [5.41, 5.74) is 3.31. The quantitative estimate of drug-likeness (QED) is 0.249. The maximum Gasteiger partial charge on any atom is 0.253 e. The monoisotopic (exact) mass is 575 g/mol. The van der Waals surface area contributed by atoms with Crippen molar-refractivity contribution in [2.24, 2.45) is 5.92 Å². The minimum Gasteiger partial charge on any atom is -0.390 e. The molecule has 3 aromatic carbocycles. The normalized spacial score (nSPS) is 15.0. The molecule has 1 heterocycles. The fourth-order valence-electron chi connectivity index (χ4n) is 5.61. The molecule has 0 aliphatic heterocycles. The maximum absolute atomic E-state index is 13.8. The van der Waals surface area contributed by atoms with Gasteiger partial charge in [0.1, 0.15) is 11.0 Å². The van der Waals surface area contributed by atoms with Crippen molar-refractivity contribution in [3.05, 3.63) is 95.6 Å². The van der Waals surface area contributed by atoms with Crippen LogP contribution in [0.3, 0.4) is 0 Å². The van der Waals surface area contributed by atoms with Crippen LogP contribution in [0.1, 0.15) is 47.2 Å². The Hall–Kier alpha value is -3.60. The summed E-state index contributed by atoms with van der Waals surface area (Å²) in [4.78, 5) is 15.1. The smallest absolute Gasteiger partial charge is 0.253 e. The second-order valence-corrected chi connectivity index (χ2v) is 12.8. The van der Waals surface area contributed by atoms with E-state index in [0.717, 1.165) is 31.2 Å². The predicted octanol–water partition coefficient (Wildman–Crippen LogP) is 4.03. The van der Waals surface area contributed by atoms with Gasteiger partial charge in [-0.1, -0.05) is 73.5 Å². The minimum atomic E-state index is -3.80. The third-order valence-corrected chi connectivity index (χ3v) is 9.53. The Morgan fingerprint density at radius 3 is 2.37 bits per heavy atom. The van der Waals surface area contributed by atoms with Crippen molar-refractivity contribution >= 4 is 27.0 Å². The van der Waals surface area contributed by atoms with Crippen LogP contribution < -0.4 is 0 Å². The fraction of sp³-hybridized carbons (Fsp3) is 0.387. The van der Waals surface area contributed by atoms with Crippen LogP contribution >= 0.6 is 0 Å². The van der Waals surface area contributed by atoms with Crippen LogP contribution in [0.25, 0.3) is 11.0 Å². The molecule has 216 valence electrons. The van der Waals surface area contributed by atoms with E-state index in [1.807, 2.05) is 48.5 Å². The molecule has 10 heteroatoms. The average Bonchev–Trinajstić information content (AvgIpc) is 3.68. The van der Waals surface area contributed by atoms with Gasteiger partial charge in [-0.25, -0.2) is 8.42 Å². The van der Waals surface area contributed by atoms with Crippen LogP contribution in [0.2, 0.25) is 0 Å². The Kier molecular flexibility index (Phi) is 9.43. The summed E-state index contributed by atoms with van der Waals surface area (Å²) in [5.74, 6) is -0.180. The average molecular weight is 576 g/mol. The first-order valence-corrected chi connectivity index (χ1v) is 15.8. The van der Waals surface area contributed by atoms with Crippen molar-refractivity contribution in [2.75, 3.05) is 26.2 Å². The molecule has 5 rings (SSSR count). The lowest BCUT2D eigenvalue weighted by Gasteiger charge is -2.30. The standard InChI is InChI=1S/C31H37N5O4S/c37-28(21-35(19-18-24-10-3-1-4-11-24)31(38)26-14-5-2-6-15-26)22-36(20-25-12-7-8-13-25)41(39,40)23-27-16-9-17-29-30(27)33-34-32-29/h1-6,9-11,14-17,25,28,37H,7-8,12-13,18-23H2,(H,32,33,34)/t28-/m0/s1. The molecule has 0 spiro atoms. The zero-order chi connectivity index (χ0) is 28.7. The molecule has 1 aliphatic carbocycles. The van der Waals surface area contributed by atoms with Gasteiger partial charge in [-0.05, 0) is 54.5 Å². The molecule has 41 heavy (non-hydrogen) atoms. The predicted molar refractivity (Wildman–Crippen MR) is 159 cm³/mol. The number of sulfonamides is 1. The van der Waals surface area contributed by atoms with E-state index in [0.29, 0.717) is 41.7 Å². The molecule has 1 atom stereocenters. The molecule has 2 N–H and O–H groups in total. The summed E-state index contributed by atoms with van der Waals surface area (Å²) in [5, 5.41) is 22.1. The molecule has 0 saturated heterocycles. The molecule has 0 bridgehead atoms. The first-order chi connectivity index (χ1) is 19.9. The summed E-state index contributed by atoms with van der Waals surface area (Å²) in [6.07, 6.45) is 3.67. The number of hydrogen-bond acceptors (Lipinski definition) is 6. The highest BCUT2D eigenvalue weighted by Crippen LogP contribution is 2.28. The summed E-state index contributed by atoms with van der Waals surface area (Å²) in [6, 6.07) is 24.2. The van der Waals surface area contributed by atoms with Crippen LogP contribution in [0, 0.1) is 5.92 Å². The molecule has 0 radical (unpaired) electrons. The highest BCUT2D eigenvalue weighted by Gasteiger charge is 2.31. The molecule has 0 unspecified atom stereocenters. The van der Waals surface area contributed by atoms with Crippen LogP contribution in [-0.4, -0.2) is 76.3 Å². The highest BCUT2D eigenvalue weighted by atomic mass is 32.2. The van der Waals surface area contributed by atoms with Gasteiger partial charge in [-0.3, -0.25) is 4.79 Å². The third-order valence-electron chi connectivity index (χ3n) is 7.77. The number of carbonyl (C=O) groups excluding carboxylic acids is 1. The van der Waals surface area contributed by atoms with E-state index < -0.39 is 16.1 Å². The van der Waals surface area contributed by atoms with Gasteiger partial charge in [0.2, 0.25) is 10.0 Å². The SMILES string of the molecule is O=C(c1ccccc1)N(CCc1ccccc1)C[C@H](O)CN(CC1CCCC1)S(=O)(=O)Cc1cccc2n[nH]nc12. The van der Waals surface area contributed by atoms with Crippen molar-refractivity contribution in [1.82, 2.24) is 24.6 Å². The Morgan fingerprint density at radius 2 is 1.63 bits per heavy atom. The molecule has 1 amide bonds. The summed E-state index contributed by atoms with van der Waals surface area (Å²) in [6.45, 7) is 0.691. The Labute approximate surface area is 241 Å². The lowest BCUT2D eigenvalue weighted by molar-refractivity contribution is 0.0584. The number of rotatable bonds is 13. The molecule has 1 aromatic heterocycles. The lowest BCUT2D eigenvalue weighted by atomic mass is 10.1. The number of aromatic nitrogens is 3. The van der Waals surface area contributed by atoms with E-state index >= 15 is 0 Å². The van der Waals surface area contributed by atoms with Crippen LogP contribution in [0.15, 0.2) is 78.9 Å². The maximum atomic E-state index is 13.8. The number of nitrogens with one attached hydrogen (secondary N) is 1. The van der Waals surface area contributed by atoms with Crippen LogP contribution in [0.4, 0.5) is 0 Å². The van der Waals surface area contributed by atoms with E-state index in [2.05, 4.69) is 15.4 Å².